The van der Waals surface area contributed by atoms with Crippen molar-refractivity contribution >= 4 is 11.7 Å². The molecule has 0 atom stereocenters. The fraction of sp³-hybridized carbons (Fsp3) is 0.643. The van der Waals surface area contributed by atoms with Gasteiger partial charge in [0.15, 0.2) is 0 Å². The first-order valence-electron chi connectivity index (χ1n) is 7.02. The van der Waals surface area contributed by atoms with Crippen molar-refractivity contribution in [2.45, 2.75) is 33.1 Å². The molecule has 0 bridgehead atoms. The molecule has 1 aromatic heterocycles. The third-order valence-corrected chi connectivity index (χ3v) is 3.49. The van der Waals surface area contributed by atoms with Crippen LogP contribution in [0.25, 0.3) is 0 Å². The maximum absolute atomic E-state index is 11.9. The topological polar surface area (TPSA) is 49.3 Å². The number of aromatic nitrogens is 2. The first-order valence-corrected chi connectivity index (χ1v) is 7.02. The number of hydrogen-bond acceptors (Lipinski definition) is 4. The number of unbranched alkanes of at least 4 members (excludes halogenated alkanes) is 1. The lowest BCUT2D eigenvalue weighted by molar-refractivity contribution is -0.131. The van der Waals surface area contributed by atoms with E-state index in [1.807, 2.05) is 17.9 Å². The minimum atomic E-state index is 0.292. The van der Waals surface area contributed by atoms with E-state index >= 15 is 0 Å². The van der Waals surface area contributed by atoms with E-state index in [0.29, 0.717) is 12.3 Å². The Morgan fingerprint density at radius 2 is 2.00 bits per heavy atom. The Hall–Kier alpha value is -1.65. The lowest BCUT2D eigenvalue weighted by Crippen LogP contribution is -2.49. The van der Waals surface area contributed by atoms with Gasteiger partial charge in [0.1, 0.15) is 12.1 Å². The fourth-order valence-corrected chi connectivity index (χ4v) is 2.28. The summed E-state index contributed by atoms with van der Waals surface area (Å²) in [4.78, 5) is 24.5. The van der Waals surface area contributed by atoms with Gasteiger partial charge in [-0.3, -0.25) is 4.79 Å². The molecule has 0 saturated carbocycles. The van der Waals surface area contributed by atoms with Crippen LogP contribution < -0.4 is 4.90 Å². The van der Waals surface area contributed by atoms with Crippen molar-refractivity contribution in [3.8, 4) is 0 Å². The lowest BCUT2D eigenvalue weighted by atomic mass is 10.2. The van der Waals surface area contributed by atoms with Crippen molar-refractivity contribution in [3.05, 3.63) is 18.1 Å². The van der Waals surface area contributed by atoms with Crippen molar-refractivity contribution in [3.63, 3.8) is 0 Å². The Balaban J connectivity index is 1.87. The second-order valence-electron chi connectivity index (χ2n) is 4.99. The highest BCUT2D eigenvalue weighted by Gasteiger charge is 2.21. The second kappa shape index (κ2) is 6.50. The van der Waals surface area contributed by atoms with E-state index in [1.165, 1.54) is 0 Å². The van der Waals surface area contributed by atoms with E-state index in [0.717, 1.165) is 50.5 Å². The molecular weight excluding hydrogens is 240 g/mol. The second-order valence-corrected chi connectivity index (χ2v) is 4.99. The number of hydrogen-bond donors (Lipinski definition) is 0. The van der Waals surface area contributed by atoms with Crippen molar-refractivity contribution in [1.29, 1.82) is 0 Å². The van der Waals surface area contributed by atoms with E-state index in [1.54, 1.807) is 6.33 Å². The highest BCUT2D eigenvalue weighted by atomic mass is 16.2. The molecule has 0 unspecified atom stereocenters. The van der Waals surface area contributed by atoms with Crippen LogP contribution >= 0.6 is 0 Å². The molecule has 1 aromatic rings. The van der Waals surface area contributed by atoms with Gasteiger partial charge in [-0.15, -0.1) is 0 Å². The van der Waals surface area contributed by atoms with Crippen LogP contribution in [0.4, 0.5) is 5.82 Å². The molecule has 5 heteroatoms. The predicted octanol–water partition coefficient (Wildman–Crippen LogP) is 1.62. The third kappa shape index (κ3) is 3.66. The molecule has 1 saturated heterocycles. The minimum Gasteiger partial charge on any atom is -0.353 e. The van der Waals surface area contributed by atoms with Crippen LogP contribution in [0.1, 0.15) is 31.9 Å². The van der Waals surface area contributed by atoms with Gasteiger partial charge in [0.2, 0.25) is 5.91 Å². The summed E-state index contributed by atoms with van der Waals surface area (Å²) in [6.07, 6.45) is 4.35. The summed E-state index contributed by atoms with van der Waals surface area (Å²) in [6.45, 7) is 7.39. The summed E-state index contributed by atoms with van der Waals surface area (Å²) in [6, 6.07) is 1.99. The van der Waals surface area contributed by atoms with Crippen LogP contribution in [-0.4, -0.2) is 47.0 Å². The Bertz CT molecular complexity index is 427. The van der Waals surface area contributed by atoms with Crippen LogP contribution in [0, 0.1) is 6.92 Å². The molecule has 0 aliphatic carbocycles. The van der Waals surface area contributed by atoms with E-state index < -0.39 is 0 Å². The lowest BCUT2D eigenvalue weighted by Gasteiger charge is -2.35. The van der Waals surface area contributed by atoms with Gasteiger partial charge in [-0.1, -0.05) is 13.3 Å². The number of aryl methyl sites for hydroxylation is 1. The van der Waals surface area contributed by atoms with Crippen LogP contribution in [0.5, 0.6) is 0 Å². The number of piperazine rings is 1. The van der Waals surface area contributed by atoms with Gasteiger partial charge in [0.05, 0.1) is 0 Å². The number of rotatable bonds is 4. The average molecular weight is 262 g/mol. The monoisotopic (exact) mass is 262 g/mol. The number of nitrogens with zero attached hydrogens (tertiary/aromatic N) is 4. The largest absolute Gasteiger partial charge is 0.353 e. The van der Waals surface area contributed by atoms with Crippen molar-refractivity contribution in [2.75, 3.05) is 31.1 Å². The number of amides is 1. The maximum atomic E-state index is 11.9. The molecule has 1 aliphatic heterocycles. The zero-order valence-corrected chi connectivity index (χ0v) is 11.8. The zero-order chi connectivity index (χ0) is 13.7. The molecule has 19 heavy (non-hydrogen) atoms. The van der Waals surface area contributed by atoms with Gasteiger partial charge in [-0.2, -0.15) is 0 Å². The Labute approximate surface area is 114 Å². The SMILES string of the molecule is CCCCC(=O)N1CCN(c2cc(C)ncn2)CC1. The molecule has 1 amide bonds. The quantitative estimate of drug-likeness (QED) is 0.827. The highest BCUT2D eigenvalue weighted by molar-refractivity contribution is 5.76. The van der Waals surface area contributed by atoms with Gasteiger partial charge in [0.25, 0.3) is 0 Å². The summed E-state index contributed by atoms with van der Waals surface area (Å²) in [7, 11) is 0. The molecule has 104 valence electrons. The third-order valence-electron chi connectivity index (χ3n) is 3.49. The van der Waals surface area contributed by atoms with Gasteiger partial charge in [-0.05, 0) is 13.3 Å². The first kappa shape index (κ1) is 13.8. The van der Waals surface area contributed by atoms with Crippen LogP contribution in [0.15, 0.2) is 12.4 Å². The summed E-state index contributed by atoms with van der Waals surface area (Å²) in [5.74, 6) is 1.26. The molecule has 0 N–H and O–H groups in total. The molecule has 2 rings (SSSR count). The maximum Gasteiger partial charge on any atom is 0.222 e. The molecular formula is C14H22N4O. The summed E-state index contributed by atoms with van der Waals surface area (Å²) in [5.41, 5.74) is 0.978. The molecule has 0 aromatic carbocycles. The number of carbonyl (C=O) groups is 1. The summed E-state index contributed by atoms with van der Waals surface area (Å²) < 4.78 is 0. The van der Waals surface area contributed by atoms with Crippen LogP contribution in [0.2, 0.25) is 0 Å². The standard InChI is InChI=1S/C14H22N4O/c1-3-4-5-14(19)18-8-6-17(7-9-18)13-10-12(2)15-11-16-13/h10-11H,3-9H2,1-2H3. The van der Waals surface area contributed by atoms with E-state index in [4.69, 9.17) is 0 Å². The van der Waals surface area contributed by atoms with Crippen molar-refractivity contribution in [2.24, 2.45) is 0 Å². The van der Waals surface area contributed by atoms with Crippen LogP contribution in [0.3, 0.4) is 0 Å². The van der Waals surface area contributed by atoms with Gasteiger partial charge in [-0.25, -0.2) is 9.97 Å². The molecule has 5 nitrogen and oxygen atoms in total. The van der Waals surface area contributed by atoms with Gasteiger partial charge in [0, 0.05) is 44.4 Å². The number of carbonyl (C=O) groups excluding carboxylic acids is 1. The van der Waals surface area contributed by atoms with Gasteiger partial charge >= 0.3 is 0 Å². The van der Waals surface area contributed by atoms with Crippen molar-refractivity contribution < 1.29 is 4.79 Å². The predicted molar refractivity (Wildman–Crippen MR) is 75.1 cm³/mol. The van der Waals surface area contributed by atoms with E-state index in [9.17, 15) is 4.79 Å². The van der Waals surface area contributed by atoms with E-state index in [2.05, 4.69) is 21.8 Å². The minimum absolute atomic E-state index is 0.292. The molecule has 0 radical (unpaired) electrons. The molecule has 1 fully saturated rings. The molecule has 0 spiro atoms. The summed E-state index contributed by atoms with van der Waals surface area (Å²) >= 11 is 0. The Morgan fingerprint density at radius 3 is 2.63 bits per heavy atom. The highest BCUT2D eigenvalue weighted by Crippen LogP contribution is 2.14. The van der Waals surface area contributed by atoms with E-state index in [-0.39, 0.29) is 0 Å². The fourth-order valence-electron chi connectivity index (χ4n) is 2.28. The molecule has 2 heterocycles. The van der Waals surface area contributed by atoms with Gasteiger partial charge < -0.3 is 9.80 Å². The summed E-state index contributed by atoms with van der Waals surface area (Å²) in [5, 5.41) is 0. The average Bonchev–Trinajstić information content (AvgIpc) is 2.45. The Morgan fingerprint density at radius 1 is 1.26 bits per heavy atom. The normalized spacial score (nSPS) is 15.7. The van der Waals surface area contributed by atoms with Crippen molar-refractivity contribution in [1.82, 2.24) is 14.9 Å². The molecule has 1 aliphatic rings. The smallest absolute Gasteiger partial charge is 0.222 e. The van der Waals surface area contributed by atoms with Crippen LogP contribution in [-0.2, 0) is 4.79 Å². The number of anilines is 1. The first-order chi connectivity index (χ1) is 9.20. The Kier molecular flexibility index (Phi) is 4.71. The zero-order valence-electron chi connectivity index (χ0n) is 11.8.